The largest absolute Gasteiger partial charge is 0.328 e. The van der Waals surface area contributed by atoms with Crippen molar-refractivity contribution in [2.75, 3.05) is 5.75 Å². The highest BCUT2D eigenvalue weighted by Gasteiger charge is 2.26. The fraction of sp³-hybridized carbons (Fsp3) is 0.571. The quantitative estimate of drug-likeness (QED) is 0.845. The number of hydrogen-bond donors (Lipinski definition) is 2. The maximum Gasteiger partial charge on any atom is 0.0428 e. The third kappa shape index (κ3) is 2.51. The van der Waals surface area contributed by atoms with Crippen molar-refractivity contribution in [1.29, 1.82) is 0 Å². The summed E-state index contributed by atoms with van der Waals surface area (Å²) in [6.45, 7) is 0. The Labute approximate surface area is 107 Å². The van der Waals surface area contributed by atoms with Crippen molar-refractivity contribution in [3.05, 3.63) is 29.8 Å². The Hall–Kier alpha value is -0.510. The van der Waals surface area contributed by atoms with Crippen molar-refractivity contribution in [2.45, 2.75) is 48.7 Å². The van der Waals surface area contributed by atoms with E-state index in [0.717, 1.165) is 0 Å². The molecule has 1 aliphatic carbocycles. The highest BCUT2D eigenvalue weighted by molar-refractivity contribution is 7.99. The second-order valence-corrected chi connectivity index (χ2v) is 6.24. The zero-order valence-electron chi connectivity index (χ0n) is 10.1. The van der Waals surface area contributed by atoms with Crippen LogP contribution in [0.5, 0.6) is 0 Å². The van der Waals surface area contributed by atoms with Crippen LogP contribution < -0.4 is 11.1 Å². The first-order chi connectivity index (χ1) is 8.33. The molecule has 3 rings (SSSR count). The minimum atomic E-state index is 0.443. The van der Waals surface area contributed by atoms with Crippen LogP contribution in [0.4, 0.5) is 0 Å². The predicted octanol–water partition coefficient (Wildman–Crippen LogP) is 2.69. The average Bonchev–Trinajstić information content (AvgIpc) is 2.76. The maximum atomic E-state index is 5.95. The number of rotatable bonds is 2. The van der Waals surface area contributed by atoms with Crippen LogP contribution in [0.15, 0.2) is 29.2 Å². The summed E-state index contributed by atoms with van der Waals surface area (Å²) in [7, 11) is 0. The van der Waals surface area contributed by atoms with Crippen LogP contribution in [0.25, 0.3) is 0 Å². The molecule has 1 atom stereocenters. The normalized spacial score (nSPS) is 32.4. The van der Waals surface area contributed by atoms with E-state index in [1.54, 1.807) is 0 Å². The van der Waals surface area contributed by atoms with Crippen LogP contribution in [0.1, 0.15) is 37.3 Å². The van der Waals surface area contributed by atoms with E-state index in [4.69, 9.17) is 5.73 Å². The Kier molecular flexibility index (Phi) is 3.41. The van der Waals surface area contributed by atoms with E-state index < -0.39 is 0 Å². The van der Waals surface area contributed by atoms with Gasteiger partial charge in [0, 0.05) is 28.8 Å². The van der Waals surface area contributed by atoms with Crippen molar-refractivity contribution in [2.24, 2.45) is 5.73 Å². The molecule has 0 amide bonds. The topological polar surface area (TPSA) is 38.0 Å². The molecule has 0 saturated heterocycles. The number of hydrogen-bond acceptors (Lipinski definition) is 3. The van der Waals surface area contributed by atoms with Crippen LogP contribution in [0.3, 0.4) is 0 Å². The van der Waals surface area contributed by atoms with Gasteiger partial charge < -0.3 is 11.1 Å². The molecule has 1 aliphatic heterocycles. The van der Waals surface area contributed by atoms with E-state index in [1.807, 2.05) is 11.8 Å². The van der Waals surface area contributed by atoms with E-state index in [1.165, 1.54) is 41.9 Å². The van der Waals surface area contributed by atoms with Crippen molar-refractivity contribution < 1.29 is 0 Å². The first-order valence-electron chi connectivity index (χ1n) is 6.56. The maximum absolute atomic E-state index is 5.95. The summed E-state index contributed by atoms with van der Waals surface area (Å²) in [4.78, 5) is 1.46. The molecular weight excluding hydrogens is 228 g/mol. The first-order valence-corrected chi connectivity index (χ1v) is 7.55. The van der Waals surface area contributed by atoms with Gasteiger partial charge in [-0.25, -0.2) is 0 Å². The van der Waals surface area contributed by atoms with Crippen molar-refractivity contribution in [3.8, 4) is 0 Å². The van der Waals surface area contributed by atoms with Gasteiger partial charge in [0.15, 0.2) is 0 Å². The van der Waals surface area contributed by atoms with Crippen molar-refractivity contribution >= 4 is 11.8 Å². The highest BCUT2D eigenvalue weighted by atomic mass is 32.2. The number of benzene rings is 1. The van der Waals surface area contributed by atoms with Gasteiger partial charge in [-0.05, 0) is 37.3 Å². The lowest BCUT2D eigenvalue weighted by atomic mass is 9.91. The molecule has 1 heterocycles. The van der Waals surface area contributed by atoms with Gasteiger partial charge in [0.25, 0.3) is 0 Å². The molecule has 0 radical (unpaired) electrons. The summed E-state index contributed by atoms with van der Waals surface area (Å²) in [5.74, 6) is 1.18. The minimum Gasteiger partial charge on any atom is -0.328 e. The summed E-state index contributed by atoms with van der Waals surface area (Å²) in [5, 5.41) is 3.82. The molecule has 17 heavy (non-hydrogen) atoms. The van der Waals surface area contributed by atoms with Gasteiger partial charge in [0.1, 0.15) is 0 Å². The van der Waals surface area contributed by atoms with E-state index in [2.05, 4.69) is 29.6 Å². The Bertz CT molecular complexity index is 386. The molecule has 1 unspecified atom stereocenters. The van der Waals surface area contributed by atoms with Crippen LogP contribution in [-0.4, -0.2) is 17.8 Å². The van der Waals surface area contributed by atoms with E-state index in [-0.39, 0.29) is 0 Å². The van der Waals surface area contributed by atoms with Gasteiger partial charge in [-0.1, -0.05) is 18.2 Å². The minimum absolute atomic E-state index is 0.443. The van der Waals surface area contributed by atoms with Gasteiger partial charge in [0.2, 0.25) is 0 Å². The third-order valence-electron chi connectivity index (χ3n) is 3.91. The lowest BCUT2D eigenvalue weighted by Gasteiger charge is -2.29. The monoisotopic (exact) mass is 248 g/mol. The Morgan fingerprint density at radius 3 is 2.71 bits per heavy atom. The number of nitrogens with two attached hydrogens (primary N) is 1. The zero-order valence-corrected chi connectivity index (χ0v) is 10.9. The van der Waals surface area contributed by atoms with Gasteiger partial charge in [-0.15, -0.1) is 11.8 Å². The smallest absolute Gasteiger partial charge is 0.0428 e. The zero-order chi connectivity index (χ0) is 11.7. The van der Waals surface area contributed by atoms with E-state index in [0.29, 0.717) is 18.1 Å². The molecule has 0 spiro atoms. The number of thioether (sulfide) groups is 1. The van der Waals surface area contributed by atoms with Crippen LogP contribution >= 0.6 is 11.8 Å². The molecule has 0 bridgehead atoms. The molecule has 0 aromatic heterocycles. The fourth-order valence-electron chi connectivity index (χ4n) is 2.87. The third-order valence-corrected chi connectivity index (χ3v) is 5.09. The SMILES string of the molecule is NC1CCC(NC2CSc3ccccc32)CC1. The summed E-state index contributed by atoms with van der Waals surface area (Å²) in [6, 6.07) is 10.4. The van der Waals surface area contributed by atoms with E-state index >= 15 is 0 Å². The molecule has 1 fully saturated rings. The molecular formula is C14H20N2S. The lowest BCUT2D eigenvalue weighted by Crippen LogP contribution is -2.39. The number of nitrogens with one attached hydrogen (secondary N) is 1. The van der Waals surface area contributed by atoms with Gasteiger partial charge in [-0.3, -0.25) is 0 Å². The fourth-order valence-corrected chi connectivity index (χ4v) is 4.04. The summed E-state index contributed by atoms with van der Waals surface area (Å²) in [5.41, 5.74) is 7.44. The second kappa shape index (κ2) is 5.01. The van der Waals surface area contributed by atoms with Crippen molar-refractivity contribution in [1.82, 2.24) is 5.32 Å². The Balaban J connectivity index is 1.64. The Morgan fingerprint density at radius 1 is 1.12 bits per heavy atom. The van der Waals surface area contributed by atoms with Crippen LogP contribution in [0, 0.1) is 0 Å². The summed E-state index contributed by atoms with van der Waals surface area (Å²) >= 11 is 1.98. The van der Waals surface area contributed by atoms with Crippen molar-refractivity contribution in [3.63, 3.8) is 0 Å². The van der Waals surface area contributed by atoms with Crippen LogP contribution in [0.2, 0.25) is 0 Å². The summed E-state index contributed by atoms with van der Waals surface area (Å²) in [6.07, 6.45) is 4.84. The summed E-state index contributed by atoms with van der Waals surface area (Å²) < 4.78 is 0. The van der Waals surface area contributed by atoms with E-state index in [9.17, 15) is 0 Å². The molecule has 2 nitrogen and oxygen atoms in total. The number of fused-ring (bicyclic) bond motifs is 1. The Morgan fingerprint density at radius 2 is 1.88 bits per heavy atom. The molecule has 1 aromatic carbocycles. The predicted molar refractivity (Wildman–Crippen MR) is 73.3 cm³/mol. The first kappa shape index (κ1) is 11.6. The molecule has 3 heteroatoms. The molecule has 3 N–H and O–H groups in total. The standard InChI is InChI=1S/C14H20N2S/c15-10-5-7-11(8-6-10)16-13-9-17-14-4-2-1-3-12(13)14/h1-4,10-11,13,16H,5-9,15H2. The average molecular weight is 248 g/mol. The second-order valence-electron chi connectivity index (χ2n) is 5.18. The molecule has 1 aromatic rings. The molecule has 92 valence electrons. The van der Waals surface area contributed by atoms with Gasteiger partial charge in [0.05, 0.1) is 0 Å². The highest BCUT2D eigenvalue weighted by Crippen LogP contribution is 2.38. The lowest BCUT2D eigenvalue weighted by molar-refractivity contribution is 0.324. The van der Waals surface area contributed by atoms with Gasteiger partial charge >= 0.3 is 0 Å². The molecule has 2 aliphatic rings. The van der Waals surface area contributed by atoms with Gasteiger partial charge in [-0.2, -0.15) is 0 Å². The van der Waals surface area contributed by atoms with Crippen LogP contribution in [-0.2, 0) is 0 Å². The molecule has 1 saturated carbocycles.